The Morgan fingerprint density at radius 3 is 2.75 bits per heavy atom. The fourth-order valence-electron chi connectivity index (χ4n) is 1.10. The summed E-state index contributed by atoms with van der Waals surface area (Å²) in [6.07, 6.45) is 3.69. The Labute approximate surface area is 72.7 Å². The Morgan fingerprint density at radius 1 is 1.50 bits per heavy atom. The molecule has 1 aliphatic rings. The van der Waals surface area contributed by atoms with Crippen molar-refractivity contribution in [3.05, 3.63) is 12.3 Å². The lowest BCUT2D eigenvalue weighted by Gasteiger charge is -2.14. The number of amidine groups is 1. The fourth-order valence-corrected chi connectivity index (χ4v) is 1.10. The van der Waals surface area contributed by atoms with Crippen LogP contribution in [0.2, 0.25) is 0 Å². The van der Waals surface area contributed by atoms with E-state index < -0.39 is 0 Å². The average molecular weight is 170 g/mol. The van der Waals surface area contributed by atoms with Gasteiger partial charge in [-0.1, -0.05) is 0 Å². The van der Waals surface area contributed by atoms with Gasteiger partial charge in [0, 0.05) is 19.3 Å². The van der Waals surface area contributed by atoms with Gasteiger partial charge < -0.3 is 10.1 Å². The molecule has 12 heavy (non-hydrogen) atoms. The highest BCUT2D eigenvalue weighted by Gasteiger charge is 2.10. The van der Waals surface area contributed by atoms with E-state index in [1.807, 2.05) is 19.3 Å². The molecule has 0 radical (unpaired) electrons. The van der Waals surface area contributed by atoms with Gasteiger partial charge in [-0.05, 0) is 0 Å². The molecule has 0 aromatic rings. The number of nitrogens with two attached hydrogens (primary N) is 1. The molecule has 0 atom stereocenters. The zero-order valence-electron chi connectivity index (χ0n) is 7.42. The van der Waals surface area contributed by atoms with Crippen molar-refractivity contribution in [1.29, 1.82) is 0 Å². The molecule has 1 heterocycles. The van der Waals surface area contributed by atoms with E-state index in [1.165, 1.54) is 0 Å². The van der Waals surface area contributed by atoms with Crippen LogP contribution in [0.1, 0.15) is 0 Å². The summed E-state index contributed by atoms with van der Waals surface area (Å²) in [5.74, 6) is 0.799. The molecule has 0 unspecified atom stereocenters. The van der Waals surface area contributed by atoms with E-state index in [-0.39, 0.29) is 0 Å². The lowest BCUT2D eigenvalue weighted by molar-refractivity contribution is -0.549. The first-order valence-electron chi connectivity index (χ1n) is 4.13. The van der Waals surface area contributed by atoms with Crippen molar-refractivity contribution >= 4 is 5.84 Å². The highest BCUT2D eigenvalue weighted by Crippen LogP contribution is 1.89. The summed E-state index contributed by atoms with van der Waals surface area (Å²) in [6, 6.07) is 0. The first kappa shape index (κ1) is 9.06. The average Bonchev–Trinajstić information content (AvgIpc) is 2.15. The Morgan fingerprint density at radius 2 is 2.17 bits per heavy atom. The molecule has 4 nitrogen and oxygen atoms in total. The van der Waals surface area contributed by atoms with Crippen LogP contribution in [0.3, 0.4) is 0 Å². The second kappa shape index (κ2) is 4.77. The molecule has 0 bridgehead atoms. The molecule has 0 aromatic carbocycles. The number of nitrogens with one attached hydrogen (secondary N) is 1. The smallest absolute Gasteiger partial charge is 0.269 e. The molecule has 1 aliphatic heterocycles. The van der Waals surface area contributed by atoms with Crippen molar-refractivity contribution in [1.82, 2.24) is 5.32 Å². The predicted octanol–water partition coefficient (Wildman–Crippen LogP) is -0.881. The number of rotatable bonds is 2. The number of hydrogen-bond donors (Lipinski definition) is 2. The Kier molecular flexibility index (Phi) is 3.60. The number of hydrogen-bond acceptors (Lipinski definition) is 2. The third kappa shape index (κ3) is 2.54. The Balaban J connectivity index is 2.54. The maximum atomic E-state index is 5.79. The lowest BCUT2D eigenvalue weighted by Crippen LogP contribution is -2.36. The quantitative estimate of drug-likeness (QED) is 0.418. The Bertz CT molecular complexity index is 190. The summed E-state index contributed by atoms with van der Waals surface area (Å²) in [4.78, 5) is 0. The fraction of sp³-hybridized carbons (Fsp3) is 0.625. The molecule has 0 amide bonds. The third-order valence-electron chi connectivity index (χ3n) is 1.80. The van der Waals surface area contributed by atoms with Crippen LogP contribution < -0.4 is 11.1 Å². The monoisotopic (exact) mass is 170 g/mol. The van der Waals surface area contributed by atoms with Gasteiger partial charge in [0.25, 0.3) is 5.84 Å². The van der Waals surface area contributed by atoms with Crippen molar-refractivity contribution in [2.45, 2.75) is 0 Å². The highest BCUT2D eigenvalue weighted by atomic mass is 16.5. The normalized spacial score (nSPS) is 18.2. The lowest BCUT2D eigenvalue weighted by atomic mass is 10.4. The molecular weight excluding hydrogens is 154 g/mol. The van der Waals surface area contributed by atoms with Crippen molar-refractivity contribution in [2.75, 3.05) is 33.4 Å². The molecule has 4 heteroatoms. The molecular formula is C8H16N3O+. The van der Waals surface area contributed by atoms with Gasteiger partial charge >= 0.3 is 0 Å². The minimum absolute atomic E-state index is 0.772. The Hall–Kier alpha value is -1.03. The highest BCUT2D eigenvalue weighted by molar-refractivity contribution is 5.86. The van der Waals surface area contributed by atoms with Crippen LogP contribution in [-0.4, -0.2) is 43.8 Å². The second-order valence-corrected chi connectivity index (χ2v) is 2.65. The molecule has 0 aromatic heterocycles. The first-order chi connectivity index (χ1) is 5.84. The molecule has 68 valence electrons. The molecule has 1 rings (SSSR count). The van der Waals surface area contributed by atoms with Crippen molar-refractivity contribution < 1.29 is 9.31 Å². The molecule has 1 saturated heterocycles. The molecule has 3 N–H and O–H groups in total. The van der Waals surface area contributed by atoms with Gasteiger partial charge in [-0.25, -0.2) is 0 Å². The van der Waals surface area contributed by atoms with Gasteiger partial charge in [0.2, 0.25) is 0 Å². The first-order valence-corrected chi connectivity index (χ1v) is 4.13. The molecule has 0 spiro atoms. The maximum Gasteiger partial charge on any atom is 0.269 e. The summed E-state index contributed by atoms with van der Waals surface area (Å²) in [7, 11) is 1.85. The van der Waals surface area contributed by atoms with E-state index in [0.29, 0.717) is 0 Å². The summed E-state index contributed by atoms with van der Waals surface area (Å²) in [5.41, 5.74) is 5.79. The van der Waals surface area contributed by atoms with Crippen molar-refractivity contribution in [3.8, 4) is 0 Å². The van der Waals surface area contributed by atoms with Crippen LogP contribution in [0.5, 0.6) is 0 Å². The van der Waals surface area contributed by atoms with Crippen molar-refractivity contribution in [2.24, 2.45) is 5.73 Å². The topological polar surface area (TPSA) is 50.3 Å². The zero-order chi connectivity index (χ0) is 8.81. The van der Waals surface area contributed by atoms with Crippen LogP contribution in [-0.2, 0) is 4.74 Å². The van der Waals surface area contributed by atoms with Gasteiger partial charge in [0.15, 0.2) is 0 Å². The van der Waals surface area contributed by atoms with Crippen LogP contribution in [0.15, 0.2) is 12.3 Å². The molecule has 1 fully saturated rings. The van der Waals surface area contributed by atoms with E-state index in [0.717, 1.165) is 32.1 Å². The van der Waals surface area contributed by atoms with Crippen molar-refractivity contribution in [3.63, 3.8) is 0 Å². The van der Waals surface area contributed by atoms with Gasteiger partial charge in [0.1, 0.15) is 13.1 Å². The van der Waals surface area contributed by atoms with Crippen LogP contribution in [0, 0.1) is 0 Å². The second-order valence-electron chi connectivity index (χ2n) is 2.65. The maximum absolute atomic E-state index is 5.79. The van der Waals surface area contributed by atoms with E-state index in [2.05, 4.69) is 9.89 Å². The van der Waals surface area contributed by atoms with E-state index in [4.69, 9.17) is 10.5 Å². The minimum atomic E-state index is 0.772. The summed E-state index contributed by atoms with van der Waals surface area (Å²) in [6.45, 7) is 3.32. The third-order valence-corrected chi connectivity index (χ3v) is 1.80. The standard InChI is InChI=1S/C8H15N3O/c1-10-3-2-8(9)11-4-6-12-7-5-11/h2-3H,4-7H2,1H3,(H2,9,10)/p+1. The summed E-state index contributed by atoms with van der Waals surface area (Å²) >= 11 is 0. The van der Waals surface area contributed by atoms with E-state index >= 15 is 0 Å². The minimum Gasteiger partial charge on any atom is -0.394 e. The molecule has 0 aliphatic carbocycles. The zero-order valence-corrected chi connectivity index (χ0v) is 7.42. The van der Waals surface area contributed by atoms with Crippen LogP contribution in [0.4, 0.5) is 0 Å². The summed E-state index contributed by atoms with van der Waals surface area (Å²) < 4.78 is 7.31. The van der Waals surface area contributed by atoms with Gasteiger partial charge in [-0.15, -0.1) is 0 Å². The SMILES string of the molecule is CN/C=C\C(N)=[N+]1CCOCC1. The van der Waals surface area contributed by atoms with E-state index in [9.17, 15) is 0 Å². The number of ether oxygens (including phenoxy) is 1. The largest absolute Gasteiger partial charge is 0.394 e. The van der Waals surface area contributed by atoms with E-state index in [1.54, 1.807) is 0 Å². The molecule has 0 saturated carbocycles. The van der Waals surface area contributed by atoms with Gasteiger partial charge in [0.05, 0.1) is 13.2 Å². The van der Waals surface area contributed by atoms with Gasteiger partial charge in [-0.2, -0.15) is 0 Å². The number of nitrogens with zero attached hydrogens (tertiary/aromatic N) is 1. The van der Waals surface area contributed by atoms with Crippen LogP contribution >= 0.6 is 0 Å². The van der Waals surface area contributed by atoms with Gasteiger partial charge in [-0.3, -0.25) is 10.3 Å². The predicted molar refractivity (Wildman–Crippen MR) is 48.2 cm³/mol. The number of morpholine rings is 1. The van der Waals surface area contributed by atoms with Crippen LogP contribution in [0.25, 0.3) is 0 Å². The summed E-state index contributed by atoms with van der Waals surface area (Å²) in [5, 5.41) is 2.90.